The molecule has 0 N–H and O–H groups in total. The van der Waals surface area contributed by atoms with Crippen molar-refractivity contribution in [2.75, 3.05) is 0 Å². The summed E-state index contributed by atoms with van der Waals surface area (Å²) < 4.78 is 168. The predicted molar refractivity (Wildman–Crippen MR) is 183 cm³/mol. The molecule has 0 saturated carbocycles. The van der Waals surface area contributed by atoms with Crippen LogP contribution in [0.1, 0.15) is 24.7 Å². The highest BCUT2D eigenvalue weighted by atomic mass is 16.3. The Morgan fingerprint density at radius 2 is 0.907 bits per heavy atom. The van der Waals surface area contributed by atoms with Gasteiger partial charge in [-0.3, -0.25) is 0 Å². The second-order valence-electron chi connectivity index (χ2n) is 9.85. The Hall–Kier alpha value is -5.66. The first kappa shape index (κ1) is 12.3. The molecule has 0 aliphatic rings. The molecule has 1 aromatic heterocycles. The van der Waals surface area contributed by atoms with Gasteiger partial charge in [0.25, 0.3) is 0 Å². The molecule has 0 unspecified atom stereocenters. The molecule has 0 bridgehead atoms. The first-order valence-electron chi connectivity index (χ1n) is 22.3. The predicted octanol–water partition coefficient (Wildman–Crippen LogP) is 12.0. The summed E-state index contributed by atoms with van der Waals surface area (Å²) >= 11 is 0. The summed E-state index contributed by atoms with van der Waals surface area (Å²) in [5.41, 5.74) is -0.813. The van der Waals surface area contributed by atoms with Crippen molar-refractivity contribution in [2.45, 2.75) is 0 Å². The van der Waals surface area contributed by atoms with Crippen molar-refractivity contribution in [1.29, 1.82) is 0 Å². The monoisotopic (exact) mass is 564 g/mol. The van der Waals surface area contributed by atoms with E-state index in [0.29, 0.717) is 5.39 Å². The number of rotatable bonds is 3. The van der Waals surface area contributed by atoms with Gasteiger partial charge in [0.2, 0.25) is 0 Å². The number of hydrogen-bond acceptors (Lipinski definition) is 1. The van der Waals surface area contributed by atoms with Crippen LogP contribution in [0.2, 0.25) is 0 Å². The van der Waals surface area contributed by atoms with Crippen molar-refractivity contribution in [3.8, 4) is 33.4 Å². The van der Waals surface area contributed by atoms with E-state index in [1.54, 1.807) is 24.3 Å². The molecular weight excluding hydrogens is 520 g/mol. The van der Waals surface area contributed by atoms with Gasteiger partial charge in [-0.2, -0.15) is 0 Å². The molecule has 9 rings (SSSR count). The summed E-state index contributed by atoms with van der Waals surface area (Å²) in [5.74, 6) is 0. The molecule has 0 radical (unpaired) electrons. The van der Waals surface area contributed by atoms with Gasteiger partial charge in [-0.1, -0.05) is 145 Å². The minimum absolute atomic E-state index is 0.0221. The maximum Gasteiger partial charge on any atom is 0.136 e. The Labute approximate surface area is 274 Å². The molecule has 0 amide bonds. The van der Waals surface area contributed by atoms with E-state index < -0.39 is 109 Å². The van der Waals surface area contributed by atoms with E-state index in [1.165, 1.54) is 24.3 Å². The molecule has 8 aromatic carbocycles. The summed E-state index contributed by atoms with van der Waals surface area (Å²) in [6.07, 6.45) is 0. The number of hydrogen-bond donors (Lipinski definition) is 0. The van der Waals surface area contributed by atoms with Gasteiger partial charge in [0, 0.05) is 10.8 Å². The van der Waals surface area contributed by atoms with E-state index in [2.05, 4.69) is 0 Å². The normalized spacial score (nSPS) is 17.6. The highest BCUT2D eigenvalue weighted by Crippen LogP contribution is 2.48. The van der Waals surface area contributed by atoms with E-state index >= 15 is 0 Å². The van der Waals surface area contributed by atoms with Crippen LogP contribution in [0, 0.1) is 0 Å². The first-order valence-corrected chi connectivity index (χ1v) is 13.3. The maximum atomic E-state index is 9.48. The molecule has 0 aliphatic carbocycles. The minimum Gasteiger partial charge on any atom is -0.456 e. The Morgan fingerprint density at radius 1 is 0.372 bits per heavy atom. The van der Waals surface area contributed by atoms with E-state index in [0.717, 1.165) is 0 Å². The van der Waals surface area contributed by atoms with Crippen molar-refractivity contribution >= 4 is 54.3 Å². The third kappa shape index (κ3) is 3.58. The quantitative estimate of drug-likeness (QED) is 0.195. The largest absolute Gasteiger partial charge is 0.456 e. The van der Waals surface area contributed by atoms with Crippen molar-refractivity contribution in [3.05, 3.63) is 157 Å². The van der Waals surface area contributed by atoms with Gasteiger partial charge in [0.15, 0.2) is 0 Å². The lowest BCUT2D eigenvalue weighted by Gasteiger charge is -2.20. The van der Waals surface area contributed by atoms with Gasteiger partial charge in [0.1, 0.15) is 11.2 Å². The minimum atomic E-state index is -0.735. The fourth-order valence-electron chi connectivity index (χ4n) is 5.86. The molecule has 0 spiro atoms. The fourth-order valence-corrected chi connectivity index (χ4v) is 5.86. The van der Waals surface area contributed by atoms with E-state index in [9.17, 15) is 8.22 Å². The van der Waals surface area contributed by atoms with Crippen LogP contribution in [0.3, 0.4) is 0 Å². The Morgan fingerprint density at radius 3 is 1.65 bits per heavy atom. The van der Waals surface area contributed by atoms with E-state index in [-0.39, 0.29) is 82.3 Å². The molecule has 200 valence electrons. The molecule has 0 fully saturated rings. The van der Waals surface area contributed by atoms with Gasteiger partial charge >= 0.3 is 0 Å². The molecule has 0 saturated heterocycles. The summed E-state index contributed by atoms with van der Waals surface area (Å²) in [6.45, 7) is 0. The van der Waals surface area contributed by atoms with Crippen molar-refractivity contribution in [1.82, 2.24) is 0 Å². The van der Waals surface area contributed by atoms with Crippen LogP contribution in [0.4, 0.5) is 0 Å². The van der Waals surface area contributed by atoms with Crippen LogP contribution in [0.5, 0.6) is 0 Å². The maximum absolute atomic E-state index is 9.48. The smallest absolute Gasteiger partial charge is 0.136 e. The van der Waals surface area contributed by atoms with Crippen LogP contribution in [-0.2, 0) is 0 Å². The summed E-state index contributed by atoms with van der Waals surface area (Å²) in [4.78, 5) is 0. The fraction of sp³-hybridized carbons (Fsp3) is 0. The van der Waals surface area contributed by atoms with Crippen LogP contribution in [-0.4, -0.2) is 0 Å². The molecular formula is C42H26O. The summed E-state index contributed by atoms with van der Waals surface area (Å²) in [7, 11) is 0. The van der Waals surface area contributed by atoms with Crippen molar-refractivity contribution in [2.24, 2.45) is 0 Å². The molecule has 1 heteroatoms. The third-order valence-electron chi connectivity index (χ3n) is 7.61. The zero-order valence-electron chi connectivity index (χ0n) is 40.0. The Balaban J connectivity index is 1.62. The molecule has 43 heavy (non-hydrogen) atoms. The van der Waals surface area contributed by atoms with Crippen LogP contribution in [0.15, 0.2) is 162 Å². The van der Waals surface area contributed by atoms with Crippen LogP contribution in [0.25, 0.3) is 87.6 Å². The lowest BCUT2D eigenvalue weighted by atomic mass is 9.82. The standard InChI is InChI=1S/C42H26O/c1-2-15-28-27(13-1)14-11-23-29(28)30-16-3-4-17-31(30)40-32-18-5-7-20-34(32)41(35-21-8-6-19-33(35)40)37-24-12-26-39-42(37)36-22-9-10-25-38(36)43-39/h1-26H/i1D,2D,5D,6D,7D,8D,11D,12D,13D,14D,15D,18D,19D,20D,21D,23D,24D,26D. The topological polar surface area (TPSA) is 13.1 Å². The highest BCUT2D eigenvalue weighted by molar-refractivity contribution is 6.26. The van der Waals surface area contributed by atoms with E-state index in [1.807, 2.05) is 0 Å². The Bertz CT molecular complexity index is 3430. The average Bonchev–Trinajstić information content (AvgIpc) is 3.64. The molecule has 0 atom stereocenters. The van der Waals surface area contributed by atoms with Crippen molar-refractivity contribution < 1.29 is 29.1 Å². The molecule has 1 heterocycles. The number of furan rings is 1. The summed E-state index contributed by atoms with van der Waals surface area (Å²) in [5, 5.41) is -1.41. The SMILES string of the molecule is [2H]c1c([2H])c(-c2c3c([2H])c([2H])c([2H])c([2H])c3c(-c3ccccc3-c3c([2H])c([2H])c([2H])c4c([2H])c([2H])c([2H])c([2H])c34)c3c([2H])c([2H])c([2H])c([2H])c23)c2c(oc3ccccc32)c1[2H]. The molecule has 9 aromatic rings. The summed E-state index contributed by atoms with van der Waals surface area (Å²) in [6, 6.07) is 0.670. The second-order valence-corrected chi connectivity index (χ2v) is 9.85. The number of para-hydroxylation sites is 1. The zero-order valence-corrected chi connectivity index (χ0v) is 22.0. The van der Waals surface area contributed by atoms with Gasteiger partial charge in [-0.15, -0.1) is 0 Å². The molecule has 0 aliphatic heterocycles. The van der Waals surface area contributed by atoms with Crippen molar-refractivity contribution in [3.63, 3.8) is 0 Å². The number of fused-ring (bicyclic) bond motifs is 6. The average molecular weight is 565 g/mol. The lowest BCUT2D eigenvalue weighted by Crippen LogP contribution is -1.93. The number of benzene rings is 8. The molecule has 1 nitrogen and oxygen atoms in total. The zero-order chi connectivity index (χ0) is 44.0. The van der Waals surface area contributed by atoms with Crippen LogP contribution < -0.4 is 0 Å². The van der Waals surface area contributed by atoms with E-state index in [4.69, 9.17) is 20.9 Å². The second kappa shape index (κ2) is 9.44. The van der Waals surface area contributed by atoms with Gasteiger partial charge in [0.05, 0.1) is 24.7 Å². The third-order valence-corrected chi connectivity index (χ3v) is 7.61. The van der Waals surface area contributed by atoms with Gasteiger partial charge < -0.3 is 4.42 Å². The van der Waals surface area contributed by atoms with Crippen LogP contribution >= 0.6 is 0 Å². The van der Waals surface area contributed by atoms with Gasteiger partial charge in [-0.25, -0.2) is 0 Å². The lowest BCUT2D eigenvalue weighted by molar-refractivity contribution is 0.669. The first-order chi connectivity index (χ1) is 28.8. The highest BCUT2D eigenvalue weighted by Gasteiger charge is 2.21. The van der Waals surface area contributed by atoms with Gasteiger partial charge in [-0.05, 0) is 77.8 Å². The Kier molecular flexibility index (Phi) is 2.70.